The second-order valence-corrected chi connectivity index (χ2v) is 11.2. The predicted octanol–water partition coefficient (Wildman–Crippen LogP) is 4.84. The zero-order valence-electron chi connectivity index (χ0n) is 18.6. The fourth-order valence-corrected chi connectivity index (χ4v) is 7.62. The Morgan fingerprint density at radius 1 is 1.13 bits per heavy atom. The molecule has 0 amide bonds. The monoisotopic (exact) mass is 401 g/mol. The van der Waals surface area contributed by atoms with E-state index in [0.717, 1.165) is 13.1 Å². The van der Waals surface area contributed by atoms with Crippen LogP contribution in [-0.4, -0.2) is 29.5 Å². The van der Waals surface area contributed by atoms with Gasteiger partial charge in [0.05, 0.1) is 11.7 Å². The van der Waals surface area contributed by atoms with E-state index < -0.39 is 0 Å². The number of likely N-dealkylation sites (N-methyl/N-ethyl adjacent to an activating group) is 1. The zero-order valence-corrected chi connectivity index (χ0v) is 18.6. The minimum absolute atomic E-state index is 0.468. The Balaban J connectivity index is 1.17. The molecule has 3 nitrogen and oxygen atoms in total. The van der Waals surface area contributed by atoms with Crippen molar-refractivity contribution in [3.8, 4) is 0 Å². The summed E-state index contributed by atoms with van der Waals surface area (Å²) in [4.78, 5) is 7.34. The normalized spacial score (nSPS) is 34.0. The van der Waals surface area contributed by atoms with Crippen LogP contribution >= 0.6 is 0 Å². The van der Waals surface area contributed by atoms with Crippen LogP contribution in [0, 0.1) is 10.8 Å². The summed E-state index contributed by atoms with van der Waals surface area (Å²) in [5, 5.41) is 3.84. The van der Waals surface area contributed by atoms with Crippen LogP contribution in [0.15, 0.2) is 36.5 Å². The van der Waals surface area contributed by atoms with Crippen LogP contribution in [0.2, 0.25) is 0 Å². The molecule has 3 saturated carbocycles. The Hall–Kier alpha value is -1.71. The standard InChI is InChI=1S/C27H35N3/c1-26-16-27(17-26,18-26)13-20-7-3-8-21-14-29-22(12-23(20)21)15-30(2)24-10-4-6-19-9-5-11-28-25(19)24/h3,5,7-9,11,22,24,29H,4,6,10,12-18H2,1-2H3/t22-,24-,26?,27?/m0/s1. The second-order valence-electron chi connectivity index (χ2n) is 11.2. The highest BCUT2D eigenvalue weighted by Crippen LogP contribution is 2.74. The van der Waals surface area contributed by atoms with Gasteiger partial charge in [-0.05, 0) is 97.6 Å². The van der Waals surface area contributed by atoms with Gasteiger partial charge in [0.15, 0.2) is 0 Å². The van der Waals surface area contributed by atoms with Crippen LogP contribution in [0.5, 0.6) is 0 Å². The molecule has 7 rings (SSSR count). The van der Waals surface area contributed by atoms with Gasteiger partial charge in [-0.25, -0.2) is 0 Å². The van der Waals surface area contributed by atoms with Crippen molar-refractivity contribution < 1.29 is 0 Å². The Morgan fingerprint density at radius 2 is 1.97 bits per heavy atom. The van der Waals surface area contributed by atoms with E-state index in [1.54, 1.807) is 11.1 Å². The van der Waals surface area contributed by atoms with E-state index in [1.807, 2.05) is 6.20 Å². The number of hydrogen-bond donors (Lipinski definition) is 1. The number of nitrogens with one attached hydrogen (secondary N) is 1. The third-order valence-electron chi connectivity index (χ3n) is 8.58. The maximum atomic E-state index is 4.77. The van der Waals surface area contributed by atoms with Crippen molar-refractivity contribution in [1.29, 1.82) is 0 Å². The molecule has 0 spiro atoms. The summed E-state index contributed by atoms with van der Waals surface area (Å²) in [5.41, 5.74) is 8.97. The summed E-state index contributed by atoms with van der Waals surface area (Å²) < 4.78 is 0. The highest BCUT2D eigenvalue weighted by atomic mass is 15.2. The molecule has 1 aromatic heterocycles. The topological polar surface area (TPSA) is 28.2 Å². The number of nitrogens with zero attached hydrogens (tertiary/aromatic N) is 2. The number of fused-ring (bicyclic) bond motifs is 2. The molecule has 3 heteroatoms. The SMILES string of the molecule is CN(C[C@@H]1Cc2c(cccc2CC23CC(C)(C2)C3)CN1)[C@H]1CCCc2cccnc21. The van der Waals surface area contributed by atoms with Crippen LogP contribution < -0.4 is 5.32 Å². The lowest BCUT2D eigenvalue weighted by molar-refractivity contribution is -0.189. The first-order valence-corrected chi connectivity index (χ1v) is 12.0. The van der Waals surface area contributed by atoms with E-state index in [-0.39, 0.29) is 0 Å². The second kappa shape index (κ2) is 6.90. The number of benzene rings is 1. The molecule has 1 aromatic carbocycles. The van der Waals surface area contributed by atoms with E-state index in [2.05, 4.69) is 54.5 Å². The molecule has 2 atom stereocenters. The van der Waals surface area contributed by atoms with Gasteiger partial charge in [-0.3, -0.25) is 9.88 Å². The van der Waals surface area contributed by atoms with Crippen LogP contribution in [0.3, 0.4) is 0 Å². The molecule has 0 saturated heterocycles. The molecule has 158 valence electrons. The van der Waals surface area contributed by atoms with E-state index in [0.29, 0.717) is 22.9 Å². The molecule has 0 unspecified atom stereocenters. The number of aryl methyl sites for hydroxylation is 1. The number of aromatic nitrogens is 1. The van der Waals surface area contributed by atoms with Crippen LogP contribution in [0.4, 0.5) is 0 Å². The van der Waals surface area contributed by atoms with Gasteiger partial charge >= 0.3 is 0 Å². The summed E-state index contributed by atoms with van der Waals surface area (Å²) >= 11 is 0. The Morgan fingerprint density at radius 3 is 2.80 bits per heavy atom. The van der Waals surface area contributed by atoms with E-state index in [1.165, 1.54) is 68.2 Å². The molecular weight excluding hydrogens is 366 g/mol. The van der Waals surface area contributed by atoms with Crippen LogP contribution in [0.1, 0.15) is 73.0 Å². The lowest BCUT2D eigenvalue weighted by Gasteiger charge is -2.70. The van der Waals surface area contributed by atoms with E-state index >= 15 is 0 Å². The number of pyridine rings is 1. The lowest BCUT2D eigenvalue weighted by atomic mass is 9.35. The smallest absolute Gasteiger partial charge is 0.0607 e. The molecule has 2 heterocycles. The Labute approximate surface area is 181 Å². The number of hydrogen-bond acceptors (Lipinski definition) is 3. The minimum atomic E-state index is 0.468. The summed E-state index contributed by atoms with van der Waals surface area (Å²) in [5.74, 6) is 0. The molecule has 1 aliphatic heterocycles. The molecule has 0 radical (unpaired) electrons. The van der Waals surface area contributed by atoms with Crippen molar-refractivity contribution in [3.63, 3.8) is 0 Å². The summed E-state index contributed by atoms with van der Waals surface area (Å²) in [6.07, 6.45) is 12.5. The van der Waals surface area contributed by atoms with Crippen molar-refractivity contribution in [2.24, 2.45) is 10.8 Å². The summed E-state index contributed by atoms with van der Waals surface area (Å²) in [6, 6.07) is 12.4. The third-order valence-corrected chi connectivity index (χ3v) is 8.58. The van der Waals surface area contributed by atoms with Crippen molar-refractivity contribution in [3.05, 3.63) is 64.5 Å². The van der Waals surface area contributed by atoms with Crippen LogP contribution in [0.25, 0.3) is 0 Å². The number of rotatable bonds is 5. The zero-order chi connectivity index (χ0) is 20.3. The molecule has 1 N–H and O–H groups in total. The van der Waals surface area contributed by atoms with Gasteiger partial charge < -0.3 is 5.32 Å². The molecule has 2 bridgehead atoms. The maximum absolute atomic E-state index is 4.77. The first kappa shape index (κ1) is 19.0. The van der Waals surface area contributed by atoms with Gasteiger partial charge in [-0.1, -0.05) is 31.2 Å². The van der Waals surface area contributed by atoms with Crippen molar-refractivity contribution >= 4 is 0 Å². The van der Waals surface area contributed by atoms with Gasteiger partial charge in [0, 0.05) is 25.3 Å². The molecule has 3 fully saturated rings. The van der Waals surface area contributed by atoms with Crippen molar-refractivity contribution in [2.45, 2.75) is 76.9 Å². The van der Waals surface area contributed by atoms with Crippen molar-refractivity contribution in [2.75, 3.05) is 13.6 Å². The predicted molar refractivity (Wildman–Crippen MR) is 121 cm³/mol. The van der Waals surface area contributed by atoms with Crippen molar-refractivity contribution in [1.82, 2.24) is 15.2 Å². The molecular formula is C27H35N3. The molecule has 30 heavy (non-hydrogen) atoms. The fourth-order valence-electron chi connectivity index (χ4n) is 7.62. The quantitative estimate of drug-likeness (QED) is 0.777. The molecule has 2 aromatic rings. The van der Waals surface area contributed by atoms with Gasteiger partial charge in [0.1, 0.15) is 0 Å². The first-order valence-electron chi connectivity index (χ1n) is 12.0. The Kier molecular flexibility index (Phi) is 4.37. The first-order chi connectivity index (χ1) is 14.5. The largest absolute Gasteiger partial charge is 0.308 e. The van der Waals surface area contributed by atoms with Crippen LogP contribution in [-0.2, 0) is 25.8 Å². The third kappa shape index (κ3) is 3.13. The molecule has 5 aliphatic rings. The minimum Gasteiger partial charge on any atom is -0.308 e. The highest BCUT2D eigenvalue weighted by Gasteiger charge is 2.64. The summed E-state index contributed by atoms with van der Waals surface area (Å²) in [6.45, 7) is 4.59. The van der Waals surface area contributed by atoms with E-state index in [4.69, 9.17) is 4.98 Å². The van der Waals surface area contributed by atoms with E-state index in [9.17, 15) is 0 Å². The Bertz CT molecular complexity index is 945. The highest BCUT2D eigenvalue weighted by molar-refractivity contribution is 5.40. The van der Waals surface area contributed by atoms with Gasteiger partial charge in [0.2, 0.25) is 0 Å². The van der Waals surface area contributed by atoms with Gasteiger partial charge in [-0.2, -0.15) is 0 Å². The average molecular weight is 402 g/mol. The average Bonchev–Trinajstić information content (AvgIpc) is 2.71. The fraction of sp³-hybridized carbons (Fsp3) is 0.593. The van der Waals surface area contributed by atoms with Gasteiger partial charge in [-0.15, -0.1) is 0 Å². The maximum Gasteiger partial charge on any atom is 0.0607 e. The summed E-state index contributed by atoms with van der Waals surface area (Å²) in [7, 11) is 2.31. The molecule has 4 aliphatic carbocycles. The lowest BCUT2D eigenvalue weighted by Crippen LogP contribution is -2.60. The van der Waals surface area contributed by atoms with Gasteiger partial charge in [0.25, 0.3) is 0 Å².